The highest BCUT2D eigenvalue weighted by Crippen LogP contribution is 2.30. The van der Waals surface area contributed by atoms with Gasteiger partial charge in [-0.3, -0.25) is 4.79 Å². The second-order valence-corrected chi connectivity index (χ2v) is 8.73. The highest BCUT2D eigenvalue weighted by atomic mass is 16.3. The largest absolute Gasteiger partial charge is 0.380 e. The van der Waals surface area contributed by atoms with E-state index in [0.29, 0.717) is 12.8 Å². The molecule has 0 saturated carbocycles. The van der Waals surface area contributed by atoms with Crippen LogP contribution in [0.3, 0.4) is 0 Å². The molecule has 4 rings (SSSR count). The number of carbonyl (C=O) groups is 1. The zero-order valence-electron chi connectivity index (χ0n) is 19.1. The molecule has 2 N–H and O–H groups in total. The number of nitrogens with zero attached hydrogens (tertiary/aromatic N) is 3. The van der Waals surface area contributed by atoms with Crippen LogP contribution in [-0.2, 0) is 4.79 Å². The van der Waals surface area contributed by atoms with Crippen LogP contribution in [-0.4, -0.2) is 45.7 Å². The van der Waals surface area contributed by atoms with Crippen LogP contribution in [0.1, 0.15) is 45.1 Å². The highest BCUT2D eigenvalue weighted by molar-refractivity contribution is 5.91. The molecule has 6 nitrogen and oxygen atoms in total. The molecule has 1 aromatic heterocycles. The molecule has 1 fully saturated rings. The van der Waals surface area contributed by atoms with Gasteiger partial charge in [0, 0.05) is 30.1 Å². The number of piperidine rings is 1. The van der Waals surface area contributed by atoms with Crippen molar-refractivity contribution in [1.82, 2.24) is 15.3 Å². The summed E-state index contributed by atoms with van der Waals surface area (Å²) >= 11 is 0. The third kappa shape index (κ3) is 4.46. The van der Waals surface area contributed by atoms with E-state index in [-0.39, 0.29) is 11.9 Å². The third-order valence-corrected chi connectivity index (χ3v) is 6.59. The minimum atomic E-state index is -1.28. The van der Waals surface area contributed by atoms with Gasteiger partial charge in [-0.05, 0) is 50.3 Å². The Bertz CT molecular complexity index is 1090. The van der Waals surface area contributed by atoms with Crippen molar-refractivity contribution in [2.24, 2.45) is 0 Å². The second kappa shape index (κ2) is 9.25. The van der Waals surface area contributed by atoms with E-state index in [4.69, 9.17) is 9.97 Å². The van der Waals surface area contributed by atoms with Gasteiger partial charge in [0.05, 0.1) is 5.52 Å². The molecular formula is C26H32N4O2. The molecule has 1 amide bonds. The minimum Gasteiger partial charge on any atom is -0.380 e. The summed E-state index contributed by atoms with van der Waals surface area (Å²) < 4.78 is 0. The SMILES string of the molecule is CCC(O)(CC)C(=O)NC1CCN(c2nc(-c3ccccc3)nc3cc(C)ccc23)CC1. The Balaban J connectivity index is 1.57. The van der Waals surface area contributed by atoms with E-state index in [2.05, 4.69) is 35.3 Å². The van der Waals surface area contributed by atoms with Crippen molar-refractivity contribution in [3.63, 3.8) is 0 Å². The molecule has 0 unspecified atom stereocenters. The lowest BCUT2D eigenvalue weighted by Gasteiger charge is -2.35. The number of aryl methyl sites for hydroxylation is 1. The molecule has 0 radical (unpaired) electrons. The Morgan fingerprint density at radius 2 is 1.78 bits per heavy atom. The average Bonchev–Trinajstić information content (AvgIpc) is 2.83. The maximum absolute atomic E-state index is 12.6. The highest BCUT2D eigenvalue weighted by Gasteiger charge is 2.34. The molecule has 1 aliphatic heterocycles. The van der Waals surface area contributed by atoms with E-state index in [9.17, 15) is 9.90 Å². The summed E-state index contributed by atoms with van der Waals surface area (Å²) in [7, 11) is 0. The lowest BCUT2D eigenvalue weighted by Crippen LogP contribution is -2.52. The number of hydrogen-bond donors (Lipinski definition) is 2. The van der Waals surface area contributed by atoms with Gasteiger partial charge in [0.1, 0.15) is 11.4 Å². The van der Waals surface area contributed by atoms with E-state index in [1.54, 1.807) is 0 Å². The van der Waals surface area contributed by atoms with E-state index in [1.807, 2.05) is 44.2 Å². The molecule has 1 saturated heterocycles. The molecule has 0 spiro atoms. The Hall–Kier alpha value is -2.99. The maximum atomic E-state index is 12.6. The van der Waals surface area contributed by atoms with Gasteiger partial charge in [0.25, 0.3) is 5.91 Å². The number of carbonyl (C=O) groups excluding carboxylic acids is 1. The summed E-state index contributed by atoms with van der Waals surface area (Å²) in [6, 6.07) is 16.4. The van der Waals surface area contributed by atoms with Crippen LogP contribution < -0.4 is 10.2 Å². The summed E-state index contributed by atoms with van der Waals surface area (Å²) in [5, 5.41) is 14.6. The van der Waals surface area contributed by atoms with Crippen LogP contribution in [0.2, 0.25) is 0 Å². The third-order valence-electron chi connectivity index (χ3n) is 6.59. The maximum Gasteiger partial charge on any atom is 0.252 e. The number of amides is 1. The fourth-order valence-electron chi connectivity index (χ4n) is 4.31. The molecule has 6 heteroatoms. The standard InChI is InChI=1S/C26H32N4O2/c1-4-26(32,5-2)25(31)27-20-13-15-30(16-14-20)24-21-12-11-18(3)17-22(21)28-23(29-24)19-9-7-6-8-10-19/h6-12,17,20,32H,4-5,13-16H2,1-3H3,(H,27,31). The van der Waals surface area contributed by atoms with E-state index in [0.717, 1.165) is 54.0 Å². The molecule has 3 aromatic rings. The molecular weight excluding hydrogens is 400 g/mol. The number of hydrogen-bond acceptors (Lipinski definition) is 5. The fraction of sp³-hybridized carbons (Fsp3) is 0.423. The summed E-state index contributed by atoms with van der Waals surface area (Å²) in [6.07, 6.45) is 2.46. The predicted octanol–water partition coefficient (Wildman–Crippen LogP) is 4.24. The first-order chi connectivity index (χ1) is 15.4. The molecule has 0 aliphatic carbocycles. The minimum absolute atomic E-state index is 0.0623. The lowest BCUT2D eigenvalue weighted by molar-refractivity contribution is -0.141. The number of benzene rings is 2. The normalized spacial score (nSPS) is 15.2. The smallest absolute Gasteiger partial charge is 0.252 e. The van der Waals surface area contributed by atoms with Crippen LogP contribution in [0, 0.1) is 6.92 Å². The summed E-state index contributed by atoms with van der Waals surface area (Å²) in [6.45, 7) is 7.34. The molecule has 0 atom stereocenters. The van der Waals surface area contributed by atoms with Gasteiger partial charge in [-0.15, -0.1) is 0 Å². The van der Waals surface area contributed by atoms with Gasteiger partial charge in [0.2, 0.25) is 0 Å². The van der Waals surface area contributed by atoms with Crippen molar-refractivity contribution in [2.45, 2.75) is 58.1 Å². The molecule has 2 aromatic carbocycles. The van der Waals surface area contributed by atoms with Gasteiger partial charge in [-0.25, -0.2) is 9.97 Å². The van der Waals surface area contributed by atoms with Crippen LogP contribution in [0.5, 0.6) is 0 Å². The number of rotatable bonds is 6. The zero-order chi connectivity index (χ0) is 22.7. The number of fused-ring (bicyclic) bond motifs is 1. The number of nitrogens with one attached hydrogen (secondary N) is 1. The summed E-state index contributed by atoms with van der Waals surface area (Å²) in [4.78, 5) is 24.7. The number of anilines is 1. The van der Waals surface area contributed by atoms with Crippen molar-refractivity contribution >= 4 is 22.6 Å². The molecule has 0 bridgehead atoms. The molecule has 2 heterocycles. The Kier molecular flexibility index (Phi) is 6.42. The second-order valence-electron chi connectivity index (χ2n) is 8.73. The lowest BCUT2D eigenvalue weighted by atomic mass is 9.95. The van der Waals surface area contributed by atoms with Crippen LogP contribution in [0.25, 0.3) is 22.3 Å². The Labute approximate surface area is 189 Å². The first-order valence-corrected chi connectivity index (χ1v) is 11.6. The van der Waals surface area contributed by atoms with Crippen molar-refractivity contribution < 1.29 is 9.90 Å². The van der Waals surface area contributed by atoms with E-state index in [1.165, 1.54) is 5.56 Å². The van der Waals surface area contributed by atoms with Crippen molar-refractivity contribution in [3.8, 4) is 11.4 Å². The van der Waals surface area contributed by atoms with Crippen LogP contribution in [0.15, 0.2) is 48.5 Å². The van der Waals surface area contributed by atoms with Crippen LogP contribution in [0.4, 0.5) is 5.82 Å². The molecule has 32 heavy (non-hydrogen) atoms. The first kappa shape index (κ1) is 22.2. The van der Waals surface area contributed by atoms with E-state index >= 15 is 0 Å². The zero-order valence-corrected chi connectivity index (χ0v) is 19.1. The Morgan fingerprint density at radius 1 is 1.09 bits per heavy atom. The fourth-order valence-corrected chi connectivity index (χ4v) is 4.31. The van der Waals surface area contributed by atoms with Crippen molar-refractivity contribution in [1.29, 1.82) is 0 Å². The first-order valence-electron chi connectivity index (χ1n) is 11.6. The summed E-state index contributed by atoms with van der Waals surface area (Å²) in [5.74, 6) is 1.41. The van der Waals surface area contributed by atoms with Gasteiger partial charge < -0.3 is 15.3 Å². The van der Waals surface area contributed by atoms with Crippen molar-refractivity contribution in [2.75, 3.05) is 18.0 Å². The van der Waals surface area contributed by atoms with Gasteiger partial charge in [-0.1, -0.05) is 50.2 Å². The van der Waals surface area contributed by atoms with Gasteiger partial charge in [0.15, 0.2) is 5.82 Å². The van der Waals surface area contributed by atoms with Crippen molar-refractivity contribution in [3.05, 3.63) is 54.1 Å². The quantitative estimate of drug-likeness (QED) is 0.609. The predicted molar refractivity (Wildman–Crippen MR) is 129 cm³/mol. The van der Waals surface area contributed by atoms with Crippen LogP contribution >= 0.6 is 0 Å². The monoisotopic (exact) mass is 432 g/mol. The number of aliphatic hydroxyl groups is 1. The number of aromatic nitrogens is 2. The Morgan fingerprint density at radius 3 is 2.44 bits per heavy atom. The summed E-state index contributed by atoms with van der Waals surface area (Å²) in [5.41, 5.74) is 1.84. The van der Waals surface area contributed by atoms with E-state index < -0.39 is 5.60 Å². The van der Waals surface area contributed by atoms with Gasteiger partial charge >= 0.3 is 0 Å². The average molecular weight is 433 g/mol. The topological polar surface area (TPSA) is 78.4 Å². The van der Waals surface area contributed by atoms with Gasteiger partial charge in [-0.2, -0.15) is 0 Å². The molecule has 168 valence electrons. The molecule has 1 aliphatic rings.